The Morgan fingerprint density at radius 1 is 0.295 bits per heavy atom. The van der Waals surface area contributed by atoms with Crippen LogP contribution in [-0.2, 0) is 86.2 Å². The number of ether oxygens (including phenoxy) is 4. The number of nitrogens with zero attached hydrogens (tertiary/aromatic N) is 8. The molecule has 0 aliphatic heterocycles. The van der Waals surface area contributed by atoms with Crippen molar-refractivity contribution in [3.63, 3.8) is 0 Å². The van der Waals surface area contributed by atoms with Crippen LogP contribution >= 0.6 is 0 Å². The number of rotatable bonds is 72. The van der Waals surface area contributed by atoms with E-state index in [1.54, 1.807) is 111 Å². The van der Waals surface area contributed by atoms with Crippen molar-refractivity contribution in [1.29, 1.82) is 0 Å². The summed E-state index contributed by atoms with van der Waals surface area (Å²) < 4.78 is 95.7. The van der Waals surface area contributed by atoms with Gasteiger partial charge < -0.3 is 133 Å². The first kappa shape index (κ1) is 128. The van der Waals surface area contributed by atoms with E-state index in [0.29, 0.717) is 199 Å². The van der Waals surface area contributed by atoms with Gasteiger partial charge in [0.1, 0.15) is 54.9 Å². The van der Waals surface area contributed by atoms with Crippen molar-refractivity contribution in [2.45, 2.75) is 184 Å². The summed E-state index contributed by atoms with van der Waals surface area (Å²) in [4.78, 5) is 119. The number of hydrogen-bond donors (Lipinski definition) is 8. The second kappa shape index (κ2) is 77.6. The number of carbonyl (C=O) groups excluding carboxylic acids is 6. The first-order valence-corrected chi connectivity index (χ1v) is 62.3. The largest absolute Gasteiger partial charge is 0.500 e. The first-order valence-electron chi connectivity index (χ1n) is 47.8. The average Bonchev–Trinajstić information content (AvgIpc) is 0.866. The van der Waals surface area contributed by atoms with Crippen molar-refractivity contribution in [3.05, 3.63) is 112 Å². The average molecular weight is 2070 g/mol. The lowest BCUT2D eigenvalue weighted by molar-refractivity contribution is 0.0706. The molecule has 0 unspecified atom stereocenters. The number of benzene rings is 3. The lowest BCUT2D eigenvalue weighted by Gasteiger charge is -2.28. The molecule has 3 aromatic rings. The van der Waals surface area contributed by atoms with E-state index in [4.69, 9.17) is 86.2 Å². The first-order chi connectivity index (χ1) is 66.8. The molecule has 139 heavy (non-hydrogen) atoms. The summed E-state index contributed by atoms with van der Waals surface area (Å²) >= 11 is 0. The van der Waals surface area contributed by atoms with Crippen molar-refractivity contribution in [3.8, 4) is 0 Å². The minimum atomic E-state index is -2.75. The SMILES string of the molecule is CCO[Si](C)(CCCNC(=O)OCCN(CCO)c1ccc(N=O)cc1)OCC.CCO[Si](C)(CCCNC(=O)OCCN(CCOC(=O)NCCC[Si](C)(OCC)OCC)c1ccc(N=O)cc1)OCC.CCO[Si](C)(CCCNC(=O)ON=C1C=CC(=NOC(=O)NCCC[Si](OCC)(OCC)OCC)C=C1)OCC.CO[Si](C)(CCCNC(=O)OCCN(CCO)c1ccc(N=O)cc1)OC. The molecule has 0 fully saturated rings. The van der Waals surface area contributed by atoms with E-state index in [9.17, 15) is 53.7 Å². The van der Waals surface area contributed by atoms with Crippen LogP contribution in [0.3, 0.4) is 0 Å². The number of hydrogen-bond acceptors (Lipinski definition) is 38. The molecule has 8 N–H and O–H groups in total. The molecule has 50 heteroatoms. The van der Waals surface area contributed by atoms with E-state index in [1.165, 1.54) is 0 Å². The Labute approximate surface area is 827 Å². The molecule has 0 bridgehead atoms. The van der Waals surface area contributed by atoms with Gasteiger partial charge in [-0.3, -0.25) is 9.68 Å². The number of oxime groups is 2. The fraction of sp³-hybridized carbons (Fsp3) is 0.663. The second-order valence-corrected chi connectivity index (χ2v) is 50.6. The third kappa shape index (κ3) is 59.5. The molecule has 790 valence electrons. The van der Waals surface area contributed by atoms with Crippen LogP contribution in [0.15, 0.2) is 123 Å². The Balaban J connectivity index is 0.000000943. The number of anilines is 3. The van der Waals surface area contributed by atoms with Gasteiger partial charge >= 0.3 is 88.2 Å². The van der Waals surface area contributed by atoms with Crippen molar-refractivity contribution in [2.24, 2.45) is 25.8 Å². The maximum Gasteiger partial charge on any atom is 0.500 e. The van der Waals surface area contributed by atoms with Crippen molar-refractivity contribution in [1.82, 2.24) is 31.9 Å². The van der Waals surface area contributed by atoms with Gasteiger partial charge in [-0.25, -0.2) is 28.8 Å². The quantitative estimate of drug-likeness (QED) is 0.00495. The third-order valence-corrected chi connectivity index (χ3v) is 38.6. The molecule has 0 heterocycles. The normalized spacial score (nSPS) is 11.9. The summed E-state index contributed by atoms with van der Waals surface area (Å²) in [5.74, 6) is 0. The topological polar surface area (TPSA) is 513 Å². The van der Waals surface area contributed by atoms with Crippen molar-refractivity contribution < 1.29 is 125 Å². The number of aliphatic hydroxyl groups is 2. The molecule has 1 aliphatic rings. The Kier molecular flexibility index (Phi) is 71.5. The zero-order valence-electron chi connectivity index (χ0n) is 85.1. The summed E-state index contributed by atoms with van der Waals surface area (Å²) in [5.41, 5.74) is 4.15. The number of amides is 6. The minimum absolute atomic E-state index is 0.0395. The summed E-state index contributed by atoms with van der Waals surface area (Å²) in [5, 5.41) is 51.0. The molecule has 0 saturated carbocycles. The van der Waals surface area contributed by atoms with Crippen LogP contribution in [0.2, 0.25) is 69.0 Å². The van der Waals surface area contributed by atoms with E-state index < -0.39 is 88.2 Å². The molecular weight excluding hydrogens is 1910 g/mol. The zero-order chi connectivity index (χ0) is 103. The summed E-state index contributed by atoms with van der Waals surface area (Å²) in [6, 6.07) is 24.5. The molecule has 0 aromatic heterocycles. The Morgan fingerprint density at radius 3 is 0.712 bits per heavy atom. The van der Waals surface area contributed by atoms with Crippen LogP contribution in [-0.4, -0.2) is 315 Å². The van der Waals surface area contributed by atoms with Crippen LogP contribution in [0.5, 0.6) is 0 Å². The molecule has 0 atom stereocenters. The maximum atomic E-state index is 12.2. The van der Waals surface area contributed by atoms with E-state index in [-0.39, 0.29) is 39.6 Å². The molecule has 0 radical (unpaired) electrons. The van der Waals surface area contributed by atoms with E-state index >= 15 is 0 Å². The number of nitroso groups, excluding NO2 is 3. The number of allylic oxidation sites excluding steroid dienone is 4. The predicted octanol–water partition coefficient (Wildman–Crippen LogP) is 15.2. The van der Waals surface area contributed by atoms with Gasteiger partial charge in [0.05, 0.1) is 39.4 Å². The van der Waals surface area contributed by atoms with Gasteiger partial charge in [-0.05, 0) is 290 Å². The Hall–Kier alpha value is -9.00. The number of aliphatic hydroxyl groups excluding tert-OH is 2. The highest BCUT2D eigenvalue weighted by Crippen LogP contribution is 2.26. The lowest BCUT2D eigenvalue weighted by atomic mass is 10.1. The summed E-state index contributed by atoms with van der Waals surface area (Å²) in [6.07, 6.45) is 7.22. The third-order valence-electron chi connectivity index (χ3n) is 20.3. The van der Waals surface area contributed by atoms with Crippen molar-refractivity contribution >= 4 is 134 Å². The van der Waals surface area contributed by atoms with Gasteiger partial charge in [-0.15, -0.1) is 14.7 Å². The van der Waals surface area contributed by atoms with Gasteiger partial charge in [-0.1, -0.05) is 10.3 Å². The highest BCUT2D eigenvalue weighted by molar-refractivity contribution is 6.67. The van der Waals surface area contributed by atoms with Crippen LogP contribution in [0, 0.1) is 14.7 Å². The van der Waals surface area contributed by atoms with E-state index in [1.807, 2.05) is 124 Å². The van der Waals surface area contributed by atoms with Gasteiger partial charge in [0, 0.05) is 162 Å². The molecule has 44 nitrogen and oxygen atoms in total. The summed E-state index contributed by atoms with van der Waals surface area (Å²) in [7, 11) is -10.4. The predicted molar refractivity (Wildman–Crippen MR) is 548 cm³/mol. The lowest BCUT2D eigenvalue weighted by Crippen LogP contribution is -2.46. The van der Waals surface area contributed by atoms with Crippen molar-refractivity contribution in [2.75, 3.05) is 220 Å². The van der Waals surface area contributed by atoms with Crippen LogP contribution in [0.4, 0.5) is 62.9 Å². The van der Waals surface area contributed by atoms with Crippen LogP contribution in [0.1, 0.15) is 115 Å². The highest BCUT2D eigenvalue weighted by Gasteiger charge is 2.40. The minimum Gasteiger partial charge on any atom is -0.448 e. The zero-order valence-corrected chi connectivity index (χ0v) is 91.1. The standard InChI is InChI=1S/C28H52N4O9Si2.C25H46N4O9Si2.C19H33N3O6Si.C17H29N3O6Si/c1-7-38-42(5,39-8-2)23-11-17-29-27(33)36-21-19-32(26-15-13-25(31-35)14-16-26)20-22-37-28(34)30-18-12-24-43(6,40-9-3)41-10-4;1-7-32-39(6,33-8-2)20-12-18-26-24(30)37-28-22-14-16-23(17-15-22)29-38-25(31)27-19-13-21-40(34-9-3,35-10-4)36-11-5;1-4-27-29(3,28-5-2)16-6-11-20-19(24)26-15-13-22(12-14-23)18-9-7-17(21-25)8-10-18;1-24-27(3,25-2)14-4-9-18-17(22)26-13-11-20(10-12-21)16-7-5-15(19-23)6-8-16/h13-16H,7-12,17-24H2,1-6H3,(H,29,33)(H,30,34);14-17H,7-13,18-21H2,1-6H3,(H,26,30)(H,27,31);7-10,23H,4-6,11-16H2,1-3H3,(H,20,24);5-8,21H,4,9-14H2,1-3H3,(H,18,22). The molecular formula is C89H160N14O30Si6. The van der Waals surface area contributed by atoms with E-state index in [0.717, 1.165) is 73.0 Å². The van der Waals surface area contributed by atoms with Gasteiger partial charge in [-0.2, -0.15) is 0 Å². The van der Waals surface area contributed by atoms with Gasteiger partial charge in [0.25, 0.3) is 0 Å². The Bertz CT molecular complexity index is 3860. The number of nitrogens with one attached hydrogen (secondary N) is 6. The number of carbonyl (C=O) groups is 6. The highest BCUT2D eigenvalue weighted by atomic mass is 28.4. The molecule has 3 aromatic carbocycles. The maximum absolute atomic E-state index is 12.2. The van der Waals surface area contributed by atoms with Crippen LogP contribution < -0.4 is 46.6 Å². The fourth-order valence-electron chi connectivity index (χ4n) is 13.5. The van der Waals surface area contributed by atoms with Gasteiger partial charge in [0.15, 0.2) is 0 Å². The second-order valence-electron chi connectivity index (χ2n) is 30.9. The molecule has 1 aliphatic carbocycles. The monoisotopic (exact) mass is 2070 g/mol. The molecule has 0 saturated heterocycles. The molecule has 4 rings (SSSR count). The molecule has 6 amide bonds. The van der Waals surface area contributed by atoms with Crippen LogP contribution in [0.25, 0.3) is 0 Å². The summed E-state index contributed by atoms with van der Waals surface area (Å²) in [6.45, 7) is 43.1. The van der Waals surface area contributed by atoms with E-state index in [2.05, 4.69) is 57.7 Å². The smallest absolute Gasteiger partial charge is 0.448 e. The Morgan fingerprint density at radius 2 is 0.504 bits per heavy atom. The van der Waals surface area contributed by atoms with Gasteiger partial charge in [0.2, 0.25) is 0 Å². The molecule has 0 spiro atoms. The number of alkyl carbamates (subject to hydrolysis) is 4. The fourth-order valence-corrected chi connectivity index (χ4v) is 27.2.